The van der Waals surface area contributed by atoms with Crippen LogP contribution in [-0.4, -0.2) is 4.98 Å². The lowest BCUT2D eigenvalue weighted by atomic mass is 10.2. The molecule has 9 heavy (non-hydrogen) atoms. The summed E-state index contributed by atoms with van der Waals surface area (Å²) in [6, 6.07) is 4.00. The van der Waals surface area contributed by atoms with Gasteiger partial charge in [0.1, 0.15) is 0 Å². The highest BCUT2D eigenvalue weighted by molar-refractivity contribution is 14.0. The molecular weight excluding hydrogens is 225 g/mol. The highest BCUT2D eigenvalue weighted by Gasteiger charge is 1.85. The van der Waals surface area contributed by atoms with Crippen molar-refractivity contribution in [3.63, 3.8) is 0 Å². The van der Waals surface area contributed by atoms with Crippen LogP contribution in [0.15, 0.2) is 18.3 Å². The average Bonchev–Trinajstić information content (AvgIpc) is 1.77. The quantitative estimate of drug-likeness (QED) is 0.629. The van der Waals surface area contributed by atoms with Crippen molar-refractivity contribution in [1.29, 1.82) is 0 Å². The zero-order chi connectivity index (χ0) is 5.98. The van der Waals surface area contributed by atoms with Gasteiger partial charge >= 0.3 is 0 Å². The van der Waals surface area contributed by atoms with Gasteiger partial charge in [0.05, 0.1) is 0 Å². The normalized spacial score (nSPS) is 8.22. The SMILES string of the molecule is Cc1cccnc1C.I. The molecule has 1 nitrogen and oxygen atoms in total. The van der Waals surface area contributed by atoms with Gasteiger partial charge in [-0.3, -0.25) is 4.98 Å². The molecular formula is C7H10IN. The molecule has 0 atom stereocenters. The number of hydrogen-bond donors (Lipinski definition) is 0. The van der Waals surface area contributed by atoms with Gasteiger partial charge in [-0.25, -0.2) is 0 Å². The van der Waals surface area contributed by atoms with E-state index in [2.05, 4.69) is 18.0 Å². The van der Waals surface area contributed by atoms with E-state index in [1.54, 1.807) is 0 Å². The Bertz CT molecular complexity index is 165. The molecule has 0 aromatic carbocycles. The molecule has 0 fully saturated rings. The Kier molecular flexibility index (Phi) is 3.77. The molecule has 0 aliphatic rings. The van der Waals surface area contributed by atoms with Crippen LogP contribution in [0.2, 0.25) is 0 Å². The monoisotopic (exact) mass is 235 g/mol. The summed E-state index contributed by atoms with van der Waals surface area (Å²) in [4.78, 5) is 4.08. The first kappa shape index (κ1) is 8.88. The molecule has 50 valence electrons. The molecule has 0 radical (unpaired) electrons. The molecule has 0 N–H and O–H groups in total. The van der Waals surface area contributed by atoms with Gasteiger partial charge in [0.15, 0.2) is 0 Å². The third-order valence-corrected chi connectivity index (χ3v) is 1.27. The summed E-state index contributed by atoms with van der Waals surface area (Å²) in [5, 5.41) is 0. The van der Waals surface area contributed by atoms with Crippen molar-refractivity contribution in [3.05, 3.63) is 29.6 Å². The third kappa shape index (κ3) is 2.30. The van der Waals surface area contributed by atoms with Crippen LogP contribution in [0.25, 0.3) is 0 Å². The van der Waals surface area contributed by atoms with Crippen LogP contribution in [0.1, 0.15) is 11.3 Å². The third-order valence-electron chi connectivity index (χ3n) is 1.27. The van der Waals surface area contributed by atoms with Gasteiger partial charge in [0, 0.05) is 11.9 Å². The van der Waals surface area contributed by atoms with E-state index in [1.807, 2.05) is 19.2 Å². The lowest BCUT2D eigenvalue weighted by Gasteiger charge is -1.92. The van der Waals surface area contributed by atoms with E-state index < -0.39 is 0 Å². The molecule has 0 spiro atoms. The van der Waals surface area contributed by atoms with Crippen molar-refractivity contribution in [2.45, 2.75) is 13.8 Å². The highest BCUT2D eigenvalue weighted by Crippen LogP contribution is 1.98. The fourth-order valence-corrected chi connectivity index (χ4v) is 0.565. The number of aromatic nitrogens is 1. The van der Waals surface area contributed by atoms with Crippen LogP contribution in [0, 0.1) is 13.8 Å². The van der Waals surface area contributed by atoms with Crippen molar-refractivity contribution in [1.82, 2.24) is 4.98 Å². The first-order chi connectivity index (χ1) is 3.80. The van der Waals surface area contributed by atoms with Gasteiger partial charge < -0.3 is 0 Å². The zero-order valence-electron chi connectivity index (χ0n) is 5.59. The first-order valence-corrected chi connectivity index (χ1v) is 2.69. The van der Waals surface area contributed by atoms with Gasteiger partial charge in [-0.2, -0.15) is 0 Å². The number of rotatable bonds is 0. The van der Waals surface area contributed by atoms with E-state index in [4.69, 9.17) is 0 Å². The molecule has 2 heteroatoms. The topological polar surface area (TPSA) is 12.9 Å². The molecule has 0 saturated heterocycles. The molecule has 1 aromatic rings. The maximum absolute atomic E-state index is 4.08. The minimum absolute atomic E-state index is 0. The molecule has 1 rings (SSSR count). The lowest BCUT2D eigenvalue weighted by molar-refractivity contribution is 1.15. The van der Waals surface area contributed by atoms with E-state index in [0.29, 0.717) is 0 Å². The number of pyridine rings is 1. The molecule has 0 amide bonds. The minimum atomic E-state index is 0. The summed E-state index contributed by atoms with van der Waals surface area (Å²) in [7, 11) is 0. The molecule has 1 heterocycles. The summed E-state index contributed by atoms with van der Waals surface area (Å²) in [6.07, 6.45) is 1.81. The van der Waals surface area contributed by atoms with E-state index in [9.17, 15) is 0 Å². The van der Waals surface area contributed by atoms with Crippen molar-refractivity contribution < 1.29 is 0 Å². The Morgan fingerprint density at radius 3 is 2.33 bits per heavy atom. The Morgan fingerprint density at radius 2 is 2.00 bits per heavy atom. The molecule has 0 bridgehead atoms. The molecule has 0 unspecified atom stereocenters. The second kappa shape index (κ2) is 3.82. The van der Waals surface area contributed by atoms with Gasteiger partial charge in [-0.1, -0.05) is 6.07 Å². The smallest absolute Gasteiger partial charge is 0.0401 e. The van der Waals surface area contributed by atoms with Gasteiger partial charge in [-0.15, -0.1) is 24.0 Å². The number of nitrogens with zero attached hydrogens (tertiary/aromatic N) is 1. The van der Waals surface area contributed by atoms with Gasteiger partial charge in [-0.05, 0) is 25.5 Å². The second-order valence-corrected chi connectivity index (χ2v) is 1.91. The zero-order valence-corrected chi connectivity index (χ0v) is 7.92. The molecule has 0 aliphatic carbocycles. The first-order valence-electron chi connectivity index (χ1n) is 2.69. The number of hydrogen-bond acceptors (Lipinski definition) is 1. The van der Waals surface area contributed by atoms with E-state index in [-0.39, 0.29) is 24.0 Å². The largest absolute Gasteiger partial charge is 0.261 e. The number of aryl methyl sites for hydroxylation is 2. The van der Waals surface area contributed by atoms with Crippen LogP contribution < -0.4 is 0 Å². The van der Waals surface area contributed by atoms with Crippen molar-refractivity contribution in [2.75, 3.05) is 0 Å². The fourth-order valence-electron chi connectivity index (χ4n) is 0.565. The Labute approximate surface area is 72.5 Å². The minimum Gasteiger partial charge on any atom is -0.261 e. The van der Waals surface area contributed by atoms with Gasteiger partial charge in [0.25, 0.3) is 0 Å². The summed E-state index contributed by atoms with van der Waals surface area (Å²) >= 11 is 0. The predicted molar refractivity (Wildman–Crippen MR) is 49.1 cm³/mol. The average molecular weight is 235 g/mol. The highest BCUT2D eigenvalue weighted by atomic mass is 127. The summed E-state index contributed by atoms with van der Waals surface area (Å²) in [6.45, 7) is 4.07. The summed E-state index contributed by atoms with van der Waals surface area (Å²) < 4.78 is 0. The Hall–Kier alpha value is -0.120. The summed E-state index contributed by atoms with van der Waals surface area (Å²) in [5.41, 5.74) is 2.38. The lowest BCUT2D eigenvalue weighted by Crippen LogP contribution is -1.81. The summed E-state index contributed by atoms with van der Waals surface area (Å²) in [5.74, 6) is 0. The van der Waals surface area contributed by atoms with E-state index in [1.165, 1.54) is 5.56 Å². The van der Waals surface area contributed by atoms with Crippen LogP contribution in [-0.2, 0) is 0 Å². The molecule has 0 saturated carbocycles. The van der Waals surface area contributed by atoms with Crippen LogP contribution in [0.5, 0.6) is 0 Å². The number of halogens is 1. The second-order valence-electron chi connectivity index (χ2n) is 1.91. The van der Waals surface area contributed by atoms with Crippen molar-refractivity contribution in [2.24, 2.45) is 0 Å². The van der Waals surface area contributed by atoms with Crippen LogP contribution in [0.3, 0.4) is 0 Å². The maximum Gasteiger partial charge on any atom is 0.0401 e. The Balaban J connectivity index is 0.000000640. The van der Waals surface area contributed by atoms with Crippen LogP contribution >= 0.6 is 24.0 Å². The molecule has 1 aromatic heterocycles. The molecule has 0 aliphatic heterocycles. The van der Waals surface area contributed by atoms with E-state index in [0.717, 1.165) is 5.69 Å². The van der Waals surface area contributed by atoms with Crippen molar-refractivity contribution in [3.8, 4) is 0 Å². The standard InChI is InChI=1S/C7H9N.HI/c1-6-4-3-5-8-7(6)2;/h3-5H,1-2H3;1H. The Morgan fingerprint density at radius 1 is 1.33 bits per heavy atom. The van der Waals surface area contributed by atoms with Crippen molar-refractivity contribution >= 4 is 24.0 Å². The predicted octanol–water partition coefficient (Wildman–Crippen LogP) is 2.32. The maximum atomic E-state index is 4.08. The van der Waals surface area contributed by atoms with Crippen LogP contribution in [0.4, 0.5) is 0 Å². The van der Waals surface area contributed by atoms with Gasteiger partial charge in [0.2, 0.25) is 0 Å². The van der Waals surface area contributed by atoms with E-state index >= 15 is 0 Å². The fraction of sp³-hybridized carbons (Fsp3) is 0.286.